The molecule has 41 valence electrons. The molecule has 1 atom stereocenters. The molecular formula is C5H6N3. The van der Waals surface area contributed by atoms with E-state index in [9.17, 15) is 0 Å². The zero-order valence-corrected chi connectivity index (χ0v) is 4.57. The average Bonchev–Trinajstić information content (AvgIpc) is 2.14. The van der Waals surface area contributed by atoms with Crippen molar-refractivity contribution in [2.45, 2.75) is 6.04 Å². The smallest absolute Gasteiger partial charge is 0.142 e. The lowest BCUT2D eigenvalue weighted by atomic mass is 10.3. The Bertz CT molecular complexity index is 144. The van der Waals surface area contributed by atoms with Gasteiger partial charge in [0, 0.05) is 7.05 Å². The second-order valence-corrected chi connectivity index (χ2v) is 1.65. The van der Waals surface area contributed by atoms with Gasteiger partial charge in [-0.3, -0.25) is 4.99 Å². The maximum Gasteiger partial charge on any atom is 0.142 e. The average molecular weight is 108 g/mol. The molecule has 1 unspecified atom stereocenters. The quantitative estimate of drug-likeness (QED) is 0.438. The van der Waals surface area contributed by atoms with E-state index in [1.54, 1.807) is 17.8 Å². The van der Waals surface area contributed by atoms with Crippen molar-refractivity contribution in [3.63, 3.8) is 0 Å². The largest absolute Gasteiger partial charge is 0.348 e. The molecule has 0 aromatic rings. The normalized spacial score (nSPS) is 26.0. The van der Waals surface area contributed by atoms with Crippen LogP contribution in [0.3, 0.4) is 0 Å². The topological polar surface area (TPSA) is 39.4 Å². The van der Waals surface area contributed by atoms with Crippen LogP contribution in [0.5, 0.6) is 0 Å². The van der Waals surface area contributed by atoms with Crippen molar-refractivity contribution in [2.75, 3.05) is 7.05 Å². The first kappa shape index (κ1) is 5.10. The van der Waals surface area contributed by atoms with Gasteiger partial charge in [-0.25, -0.2) is 0 Å². The minimum absolute atomic E-state index is 0.144. The minimum Gasteiger partial charge on any atom is -0.348 e. The molecule has 0 bridgehead atoms. The fourth-order valence-corrected chi connectivity index (χ4v) is 0.527. The van der Waals surface area contributed by atoms with Crippen LogP contribution in [0.4, 0.5) is 0 Å². The maximum absolute atomic E-state index is 8.33. The van der Waals surface area contributed by atoms with Gasteiger partial charge in [-0.1, -0.05) is 0 Å². The lowest BCUT2D eigenvalue weighted by Crippen LogP contribution is -2.23. The standard InChI is InChI=1S/C5H6N3/c1-8-4-7-3-5(8)2-6/h3-5H,1H3. The highest BCUT2D eigenvalue weighted by Crippen LogP contribution is 2.03. The molecule has 0 aromatic carbocycles. The Hall–Kier alpha value is -1.04. The number of rotatable bonds is 0. The molecule has 1 rings (SSSR count). The van der Waals surface area contributed by atoms with Crippen LogP contribution in [0.2, 0.25) is 0 Å². The Morgan fingerprint density at radius 2 is 2.62 bits per heavy atom. The zero-order chi connectivity index (χ0) is 5.98. The van der Waals surface area contributed by atoms with Gasteiger partial charge in [-0.05, 0) is 0 Å². The summed E-state index contributed by atoms with van der Waals surface area (Å²) in [5.74, 6) is 0. The highest BCUT2D eigenvalue weighted by atomic mass is 15.2. The van der Waals surface area contributed by atoms with Crippen molar-refractivity contribution in [3.05, 3.63) is 6.54 Å². The SMILES string of the molecule is CN1C=N[CH]C1C#N. The lowest BCUT2D eigenvalue weighted by Gasteiger charge is -2.08. The molecule has 8 heavy (non-hydrogen) atoms. The van der Waals surface area contributed by atoms with Gasteiger partial charge >= 0.3 is 0 Å². The van der Waals surface area contributed by atoms with E-state index in [-0.39, 0.29) is 6.04 Å². The number of likely N-dealkylation sites (N-methyl/N-ethyl adjacent to an activating group) is 1. The van der Waals surface area contributed by atoms with Crippen LogP contribution >= 0.6 is 0 Å². The third-order valence-corrected chi connectivity index (χ3v) is 1.05. The van der Waals surface area contributed by atoms with Crippen molar-refractivity contribution < 1.29 is 0 Å². The van der Waals surface area contributed by atoms with Crippen molar-refractivity contribution in [2.24, 2.45) is 4.99 Å². The molecule has 1 aliphatic rings. The summed E-state index contributed by atoms with van der Waals surface area (Å²) in [6, 6.07) is 1.92. The fourth-order valence-electron chi connectivity index (χ4n) is 0.527. The summed E-state index contributed by atoms with van der Waals surface area (Å²) < 4.78 is 0. The molecule has 1 radical (unpaired) electrons. The summed E-state index contributed by atoms with van der Waals surface area (Å²) in [4.78, 5) is 5.52. The van der Waals surface area contributed by atoms with Crippen molar-refractivity contribution in [1.82, 2.24) is 4.90 Å². The predicted molar refractivity (Wildman–Crippen MR) is 30.0 cm³/mol. The van der Waals surface area contributed by atoms with E-state index in [4.69, 9.17) is 5.26 Å². The lowest BCUT2D eigenvalue weighted by molar-refractivity contribution is 0.513. The highest BCUT2D eigenvalue weighted by molar-refractivity contribution is 5.60. The van der Waals surface area contributed by atoms with Gasteiger partial charge in [0.15, 0.2) is 0 Å². The Balaban J connectivity index is 2.54. The van der Waals surface area contributed by atoms with Gasteiger partial charge in [0.2, 0.25) is 0 Å². The summed E-state index contributed by atoms with van der Waals surface area (Å²) in [5, 5.41) is 8.33. The summed E-state index contributed by atoms with van der Waals surface area (Å²) in [7, 11) is 1.82. The molecule has 0 spiro atoms. The molecule has 0 fully saturated rings. The second-order valence-electron chi connectivity index (χ2n) is 1.65. The molecular weight excluding hydrogens is 102 g/mol. The van der Waals surface area contributed by atoms with E-state index in [0.717, 1.165) is 0 Å². The predicted octanol–water partition coefficient (Wildman–Crippen LogP) is 0.0141. The van der Waals surface area contributed by atoms with E-state index < -0.39 is 0 Å². The Morgan fingerprint density at radius 1 is 1.88 bits per heavy atom. The minimum atomic E-state index is -0.144. The van der Waals surface area contributed by atoms with Crippen molar-refractivity contribution in [3.8, 4) is 6.07 Å². The van der Waals surface area contributed by atoms with E-state index in [0.29, 0.717) is 0 Å². The number of nitrogens with zero attached hydrogens (tertiary/aromatic N) is 3. The first-order valence-corrected chi connectivity index (χ1v) is 2.33. The second kappa shape index (κ2) is 1.83. The van der Waals surface area contributed by atoms with Crippen LogP contribution in [0, 0.1) is 17.9 Å². The van der Waals surface area contributed by atoms with Crippen LogP contribution in [0.15, 0.2) is 4.99 Å². The highest BCUT2D eigenvalue weighted by Gasteiger charge is 2.14. The molecule has 3 nitrogen and oxygen atoms in total. The molecule has 0 saturated heterocycles. The molecule has 3 heteroatoms. The fraction of sp³-hybridized carbons (Fsp3) is 0.400. The summed E-state index contributed by atoms with van der Waals surface area (Å²) in [5.41, 5.74) is 0. The number of hydrogen-bond donors (Lipinski definition) is 0. The van der Waals surface area contributed by atoms with Gasteiger partial charge in [0.05, 0.1) is 12.4 Å². The monoisotopic (exact) mass is 108 g/mol. The van der Waals surface area contributed by atoms with Gasteiger partial charge in [0.1, 0.15) is 12.6 Å². The van der Waals surface area contributed by atoms with E-state index in [2.05, 4.69) is 11.1 Å². The number of aliphatic imine (C=N–C) groups is 1. The maximum atomic E-state index is 8.33. The van der Waals surface area contributed by atoms with Crippen LogP contribution in [0.25, 0.3) is 0 Å². The Morgan fingerprint density at radius 3 is 2.88 bits per heavy atom. The molecule has 1 heterocycles. The van der Waals surface area contributed by atoms with Crippen LogP contribution < -0.4 is 0 Å². The molecule has 0 saturated carbocycles. The van der Waals surface area contributed by atoms with Gasteiger partial charge in [0.25, 0.3) is 0 Å². The van der Waals surface area contributed by atoms with Crippen LogP contribution in [-0.2, 0) is 0 Å². The van der Waals surface area contributed by atoms with E-state index in [1.165, 1.54) is 0 Å². The van der Waals surface area contributed by atoms with Gasteiger partial charge in [-0.2, -0.15) is 5.26 Å². The number of nitriles is 1. The molecule has 0 amide bonds. The summed E-state index contributed by atoms with van der Waals surface area (Å²) in [6.45, 7) is 1.61. The first-order chi connectivity index (χ1) is 3.84. The van der Waals surface area contributed by atoms with E-state index >= 15 is 0 Å². The Kier molecular flexibility index (Phi) is 1.17. The van der Waals surface area contributed by atoms with E-state index in [1.807, 2.05) is 7.05 Å². The Labute approximate surface area is 48.2 Å². The summed E-state index contributed by atoms with van der Waals surface area (Å²) >= 11 is 0. The summed E-state index contributed by atoms with van der Waals surface area (Å²) in [6.07, 6.45) is 1.63. The first-order valence-electron chi connectivity index (χ1n) is 2.33. The van der Waals surface area contributed by atoms with Gasteiger partial charge in [-0.15, -0.1) is 0 Å². The zero-order valence-electron chi connectivity index (χ0n) is 4.57. The molecule has 0 aromatic heterocycles. The van der Waals surface area contributed by atoms with Crippen molar-refractivity contribution in [1.29, 1.82) is 5.26 Å². The molecule has 0 aliphatic carbocycles. The van der Waals surface area contributed by atoms with Gasteiger partial charge < -0.3 is 4.90 Å². The van der Waals surface area contributed by atoms with Crippen LogP contribution in [-0.4, -0.2) is 24.3 Å². The third-order valence-electron chi connectivity index (χ3n) is 1.05. The van der Waals surface area contributed by atoms with Crippen molar-refractivity contribution >= 4 is 6.34 Å². The number of hydrogen-bond acceptors (Lipinski definition) is 3. The molecule has 1 aliphatic heterocycles. The van der Waals surface area contributed by atoms with Crippen LogP contribution in [0.1, 0.15) is 0 Å². The molecule has 0 N–H and O–H groups in total. The third kappa shape index (κ3) is 0.648.